The van der Waals surface area contributed by atoms with Gasteiger partial charge in [0.05, 0.1) is 0 Å². The van der Waals surface area contributed by atoms with Crippen molar-refractivity contribution in [2.24, 2.45) is 5.73 Å². The number of phenols is 1. The Labute approximate surface area is 76.6 Å². The quantitative estimate of drug-likeness (QED) is 0.744. The summed E-state index contributed by atoms with van der Waals surface area (Å²) in [5.74, 6) is -0.233. The maximum Gasteiger partial charge on any atom is 0.123 e. The van der Waals surface area contributed by atoms with Crippen molar-refractivity contribution >= 4 is 12.4 Å². The zero-order valence-electron chi connectivity index (χ0n) is 6.46. The summed E-state index contributed by atoms with van der Waals surface area (Å²) in [4.78, 5) is 0. The van der Waals surface area contributed by atoms with Crippen LogP contribution in [0.15, 0.2) is 18.2 Å². The molecule has 2 nitrogen and oxygen atoms in total. The molecule has 0 aliphatic rings. The van der Waals surface area contributed by atoms with Crippen molar-refractivity contribution in [3.63, 3.8) is 0 Å². The predicted molar refractivity (Wildman–Crippen MR) is 48.1 cm³/mol. The Morgan fingerprint density at radius 2 is 2.08 bits per heavy atom. The van der Waals surface area contributed by atoms with Gasteiger partial charge >= 0.3 is 0 Å². The van der Waals surface area contributed by atoms with Gasteiger partial charge < -0.3 is 10.8 Å². The van der Waals surface area contributed by atoms with E-state index in [1.54, 1.807) is 0 Å². The number of aromatic hydroxyl groups is 1. The smallest absolute Gasteiger partial charge is 0.123 e. The monoisotopic (exact) mass is 191 g/mol. The summed E-state index contributed by atoms with van der Waals surface area (Å²) in [6.45, 7) is 0.414. The van der Waals surface area contributed by atoms with E-state index in [0.29, 0.717) is 18.5 Å². The first-order valence-electron chi connectivity index (χ1n) is 3.41. The number of hydrogen-bond donors (Lipinski definition) is 2. The van der Waals surface area contributed by atoms with Crippen LogP contribution in [0.5, 0.6) is 5.75 Å². The molecule has 0 unspecified atom stereocenters. The molecule has 1 aromatic rings. The van der Waals surface area contributed by atoms with Gasteiger partial charge in [-0.3, -0.25) is 0 Å². The molecular formula is C8H11ClFNO. The Morgan fingerprint density at radius 3 is 2.67 bits per heavy atom. The Kier molecular flexibility index (Phi) is 4.62. The van der Waals surface area contributed by atoms with E-state index in [0.717, 1.165) is 0 Å². The molecule has 0 fully saturated rings. The number of hydrogen-bond acceptors (Lipinski definition) is 2. The van der Waals surface area contributed by atoms with Crippen LogP contribution in [-0.4, -0.2) is 11.7 Å². The summed E-state index contributed by atoms with van der Waals surface area (Å²) >= 11 is 0. The van der Waals surface area contributed by atoms with Crippen LogP contribution in [0.3, 0.4) is 0 Å². The third-order valence-corrected chi connectivity index (χ3v) is 1.46. The van der Waals surface area contributed by atoms with Crippen LogP contribution in [0, 0.1) is 5.82 Å². The average molecular weight is 192 g/mol. The lowest BCUT2D eigenvalue weighted by atomic mass is 10.1. The maximum absolute atomic E-state index is 12.5. The standard InChI is InChI=1S/C8H10FNO.ClH/c9-7-1-2-8(11)6(5-7)3-4-10;/h1-2,5,11H,3-4,10H2;1H. The van der Waals surface area contributed by atoms with E-state index in [-0.39, 0.29) is 24.0 Å². The molecule has 68 valence electrons. The zero-order chi connectivity index (χ0) is 8.27. The van der Waals surface area contributed by atoms with Crippen molar-refractivity contribution in [3.8, 4) is 5.75 Å². The van der Waals surface area contributed by atoms with Gasteiger partial charge in [-0.1, -0.05) is 0 Å². The minimum Gasteiger partial charge on any atom is -0.508 e. The molecular weight excluding hydrogens is 181 g/mol. The molecule has 0 radical (unpaired) electrons. The van der Waals surface area contributed by atoms with E-state index < -0.39 is 0 Å². The molecule has 4 heteroatoms. The summed E-state index contributed by atoms with van der Waals surface area (Å²) < 4.78 is 12.5. The molecule has 0 saturated carbocycles. The minimum atomic E-state index is -0.341. The van der Waals surface area contributed by atoms with Crippen molar-refractivity contribution in [3.05, 3.63) is 29.6 Å². The highest BCUT2D eigenvalue weighted by Gasteiger charge is 2.00. The number of rotatable bonds is 2. The molecule has 12 heavy (non-hydrogen) atoms. The van der Waals surface area contributed by atoms with Crippen LogP contribution in [0.25, 0.3) is 0 Å². The summed E-state index contributed by atoms with van der Waals surface area (Å²) in [6.07, 6.45) is 0.504. The highest BCUT2D eigenvalue weighted by molar-refractivity contribution is 5.85. The Morgan fingerprint density at radius 1 is 1.42 bits per heavy atom. The third kappa shape index (κ3) is 2.68. The molecule has 1 rings (SSSR count). The van der Waals surface area contributed by atoms with Gasteiger partial charge in [-0.05, 0) is 36.7 Å². The third-order valence-electron chi connectivity index (χ3n) is 1.46. The lowest BCUT2D eigenvalue weighted by Gasteiger charge is -2.01. The first-order chi connectivity index (χ1) is 5.24. The van der Waals surface area contributed by atoms with Crippen LogP contribution < -0.4 is 5.73 Å². The van der Waals surface area contributed by atoms with Crippen LogP contribution in [0.4, 0.5) is 4.39 Å². The van der Waals surface area contributed by atoms with Crippen LogP contribution in [0.2, 0.25) is 0 Å². The molecule has 0 bridgehead atoms. The van der Waals surface area contributed by atoms with Crippen molar-refractivity contribution in [1.29, 1.82) is 0 Å². The molecule has 0 aromatic heterocycles. The van der Waals surface area contributed by atoms with Gasteiger partial charge in [-0.15, -0.1) is 12.4 Å². The second kappa shape index (κ2) is 4.95. The normalized spacial score (nSPS) is 9.17. The van der Waals surface area contributed by atoms with Crippen molar-refractivity contribution in [2.75, 3.05) is 6.54 Å². The lowest BCUT2D eigenvalue weighted by molar-refractivity contribution is 0.465. The summed E-state index contributed by atoms with van der Waals surface area (Å²) in [7, 11) is 0. The van der Waals surface area contributed by atoms with Gasteiger partial charge in [-0.2, -0.15) is 0 Å². The lowest BCUT2D eigenvalue weighted by Crippen LogP contribution is -2.02. The average Bonchev–Trinajstić information content (AvgIpc) is 1.98. The Balaban J connectivity index is 0.00000121. The SMILES string of the molecule is Cl.NCCc1cc(F)ccc1O. The molecule has 0 atom stereocenters. The van der Waals surface area contributed by atoms with Gasteiger partial charge in [-0.25, -0.2) is 4.39 Å². The Hall–Kier alpha value is -0.800. The van der Waals surface area contributed by atoms with E-state index in [2.05, 4.69) is 0 Å². The summed E-state index contributed by atoms with van der Waals surface area (Å²) in [5, 5.41) is 9.14. The fraction of sp³-hybridized carbons (Fsp3) is 0.250. The molecule has 0 saturated heterocycles. The molecule has 3 N–H and O–H groups in total. The van der Waals surface area contributed by atoms with Crippen molar-refractivity contribution in [1.82, 2.24) is 0 Å². The topological polar surface area (TPSA) is 46.2 Å². The van der Waals surface area contributed by atoms with Crippen molar-refractivity contribution in [2.45, 2.75) is 6.42 Å². The number of benzene rings is 1. The van der Waals surface area contributed by atoms with Crippen LogP contribution in [-0.2, 0) is 6.42 Å². The van der Waals surface area contributed by atoms with Gasteiger partial charge in [0.15, 0.2) is 0 Å². The highest BCUT2D eigenvalue weighted by Crippen LogP contribution is 2.17. The molecule has 0 heterocycles. The number of phenolic OH excluding ortho intramolecular Hbond substituents is 1. The van der Waals surface area contributed by atoms with Crippen LogP contribution >= 0.6 is 12.4 Å². The van der Waals surface area contributed by atoms with Gasteiger partial charge in [0, 0.05) is 0 Å². The minimum absolute atomic E-state index is 0. The number of halogens is 2. The molecule has 0 amide bonds. The number of nitrogens with two attached hydrogens (primary N) is 1. The van der Waals surface area contributed by atoms with Gasteiger partial charge in [0.1, 0.15) is 11.6 Å². The first kappa shape index (κ1) is 11.2. The Bertz CT molecular complexity index is 255. The summed E-state index contributed by atoms with van der Waals surface area (Å²) in [5.41, 5.74) is 5.81. The largest absolute Gasteiger partial charge is 0.508 e. The zero-order valence-corrected chi connectivity index (χ0v) is 7.27. The maximum atomic E-state index is 12.5. The van der Waals surface area contributed by atoms with E-state index in [1.807, 2.05) is 0 Å². The molecule has 0 aliphatic carbocycles. The molecule has 0 aliphatic heterocycles. The van der Waals surface area contributed by atoms with E-state index >= 15 is 0 Å². The summed E-state index contributed by atoms with van der Waals surface area (Å²) in [6, 6.07) is 3.85. The molecule has 1 aromatic carbocycles. The fourth-order valence-electron chi connectivity index (χ4n) is 0.910. The van der Waals surface area contributed by atoms with Crippen LogP contribution in [0.1, 0.15) is 5.56 Å². The highest BCUT2D eigenvalue weighted by atomic mass is 35.5. The van der Waals surface area contributed by atoms with E-state index in [1.165, 1.54) is 18.2 Å². The second-order valence-electron chi connectivity index (χ2n) is 2.31. The van der Waals surface area contributed by atoms with E-state index in [4.69, 9.17) is 10.8 Å². The predicted octanol–water partition coefficient (Wildman–Crippen LogP) is 1.45. The van der Waals surface area contributed by atoms with E-state index in [9.17, 15) is 4.39 Å². The second-order valence-corrected chi connectivity index (χ2v) is 2.31. The first-order valence-corrected chi connectivity index (χ1v) is 3.41. The fourth-order valence-corrected chi connectivity index (χ4v) is 0.910. The molecule has 0 spiro atoms. The van der Waals surface area contributed by atoms with Gasteiger partial charge in [0.25, 0.3) is 0 Å². The van der Waals surface area contributed by atoms with Gasteiger partial charge in [0.2, 0.25) is 0 Å². The van der Waals surface area contributed by atoms with Crippen molar-refractivity contribution < 1.29 is 9.50 Å².